The first kappa shape index (κ1) is 8.70. The third-order valence-electron chi connectivity index (χ3n) is 2.35. The van der Waals surface area contributed by atoms with Crippen LogP contribution in [0.4, 0.5) is 5.82 Å². The summed E-state index contributed by atoms with van der Waals surface area (Å²) in [6.07, 6.45) is 3.28. The fourth-order valence-corrected chi connectivity index (χ4v) is 1.36. The van der Waals surface area contributed by atoms with Crippen molar-refractivity contribution >= 4 is 12.1 Å². The number of carbonyl (C=O) groups excluding carboxylic acids is 1. The Balaban J connectivity index is 2.36. The second-order valence-electron chi connectivity index (χ2n) is 3.20. The first-order valence-corrected chi connectivity index (χ1v) is 4.45. The number of anilines is 1. The molecule has 2 rings (SSSR count). The molecule has 0 amide bonds. The van der Waals surface area contributed by atoms with Gasteiger partial charge in [0.15, 0.2) is 6.29 Å². The molecule has 4 nitrogen and oxygen atoms in total. The number of aromatic nitrogens is 1. The maximum atomic E-state index is 10.5. The van der Waals surface area contributed by atoms with Gasteiger partial charge in [0, 0.05) is 19.3 Å². The zero-order valence-corrected chi connectivity index (χ0v) is 7.60. The van der Waals surface area contributed by atoms with Crippen molar-refractivity contribution in [1.29, 1.82) is 5.26 Å². The van der Waals surface area contributed by atoms with Gasteiger partial charge < -0.3 is 4.90 Å². The number of hydrogen-bond donors (Lipinski definition) is 0. The topological polar surface area (TPSA) is 57.0 Å². The lowest BCUT2D eigenvalue weighted by atomic mass is 10.1. The van der Waals surface area contributed by atoms with E-state index in [-0.39, 0.29) is 0 Å². The van der Waals surface area contributed by atoms with Crippen LogP contribution in [0.15, 0.2) is 12.3 Å². The Morgan fingerprint density at radius 2 is 2.36 bits per heavy atom. The zero-order chi connectivity index (χ0) is 9.97. The van der Waals surface area contributed by atoms with E-state index in [9.17, 15) is 4.79 Å². The zero-order valence-electron chi connectivity index (χ0n) is 7.60. The van der Waals surface area contributed by atoms with Crippen LogP contribution in [0.1, 0.15) is 22.3 Å². The van der Waals surface area contributed by atoms with E-state index in [1.54, 1.807) is 6.07 Å². The van der Waals surface area contributed by atoms with Crippen LogP contribution >= 0.6 is 0 Å². The molecule has 1 aliphatic rings. The molecule has 14 heavy (non-hydrogen) atoms. The molecule has 1 aliphatic heterocycles. The molecule has 0 atom stereocenters. The summed E-state index contributed by atoms with van der Waals surface area (Å²) in [6.45, 7) is 1.97. The number of rotatable bonds is 2. The van der Waals surface area contributed by atoms with E-state index in [2.05, 4.69) is 9.88 Å². The second kappa shape index (κ2) is 3.46. The summed E-state index contributed by atoms with van der Waals surface area (Å²) >= 11 is 0. The first-order chi connectivity index (χ1) is 6.85. The summed E-state index contributed by atoms with van der Waals surface area (Å²) < 4.78 is 0. The smallest absolute Gasteiger partial charge is 0.152 e. The van der Waals surface area contributed by atoms with Gasteiger partial charge in [-0.1, -0.05) is 0 Å². The van der Waals surface area contributed by atoms with Crippen molar-refractivity contribution in [3.05, 3.63) is 23.4 Å². The lowest BCUT2D eigenvalue weighted by Crippen LogP contribution is -2.37. The Morgan fingerprint density at radius 1 is 1.57 bits per heavy atom. The van der Waals surface area contributed by atoms with Gasteiger partial charge >= 0.3 is 0 Å². The molecule has 1 aromatic heterocycles. The van der Waals surface area contributed by atoms with Crippen LogP contribution in [0, 0.1) is 11.3 Å². The van der Waals surface area contributed by atoms with Crippen molar-refractivity contribution < 1.29 is 4.79 Å². The fraction of sp³-hybridized carbons (Fsp3) is 0.300. The van der Waals surface area contributed by atoms with Gasteiger partial charge in [0.25, 0.3) is 0 Å². The standard InChI is InChI=1S/C10H9N3O/c11-5-8-4-10(13-2-1-3-13)12-6-9(8)7-14/h4,6-7H,1-3H2. The summed E-state index contributed by atoms with van der Waals surface area (Å²) in [5.74, 6) is 0.790. The van der Waals surface area contributed by atoms with Gasteiger partial charge in [-0.2, -0.15) is 5.26 Å². The van der Waals surface area contributed by atoms with Gasteiger partial charge in [0.05, 0.1) is 11.1 Å². The van der Waals surface area contributed by atoms with E-state index >= 15 is 0 Å². The Hall–Kier alpha value is -1.89. The lowest BCUT2D eigenvalue weighted by Gasteiger charge is -2.32. The van der Waals surface area contributed by atoms with E-state index in [0.717, 1.165) is 18.9 Å². The molecule has 0 unspecified atom stereocenters. The molecule has 0 saturated carbocycles. The molecular weight excluding hydrogens is 178 g/mol. The van der Waals surface area contributed by atoms with Gasteiger partial charge in [-0.15, -0.1) is 0 Å². The molecule has 2 heterocycles. The molecule has 1 fully saturated rings. The number of carbonyl (C=O) groups is 1. The highest BCUT2D eigenvalue weighted by molar-refractivity contribution is 5.79. The highest BCUT2D eigenvalue weighted by atomic mass is 16.1. The summed E-state index contributed by atoms with van der Waals surface area (Å²) in [5, 5.41) is 8.79. The molecule has 0 spiro atoms. The maximum absolute atomic E-state index is 10.5. The summed E-state index contributed by atoms with van der Waals surface area (Å²) in [4.78, 5) is 16.7. The third kappa shape index (κ3) is 1.33. The SMILES string of the molecule is N#Cc1cc(N2CCC2)ncc1C=O. The highest BCUT2D eigenvalue weighted by Crippen LogP contribution is 2.19. The average Bonchev–Trinajstić information content (AvgIpc) is 2.15. The molecule has 0 aliphatic carbocycles. The van der Waals surface area contributed by atoms with Crippen molar-refractivity contribution in [3.63, 3.8) is 0 Å². The van der Waals surface area contributed by atoms with Crippen LogP contribution in [-0.4, -0.2) is 24.4 Å². The normalized spacial score (nSPS) is 14.4. The molecule has 0 N–H and O–H groups in total. The van der Waals surface area contributed by atoms with Crippen LogP contribution < -0.4 is 4.90 Å². The Kier molecular flexibility index (Phi) is 2.15. The van der Waals surface area contributed by atoms with Gasteiger partial charge in [0.2, 0.25) is 0 Å². The van der Waals surface area contributed by atoms with Crippen LogP contribution in [0.25, 0.3) is 0 Å². The quantitative estimate of drug-likeness (QED) is 0.647. The Labute approximate surface area is 81.8 Å². The van der Waals surface area contributed by atoms with Crippen LogP contribution in [0.3, 0.4) is 0 Å². The minimum atomic E-state index is 0.358. The van der Waals surface area contributed by atoms with E-state index in [1.807, 2.05) is 6.07 Å². The van der Waals surface area contributed by atoms with Crippen LogP contribution in [0.5, 0.6) is 0 Å². The number of nitriles is 1. The molecular formula is C10H9N3O. The molecule has 1 saturated heterocycles. The van der Waals surface area contributed by atoms with E-state index in [4.69, 9.17) is 5.26 Å². The van der Waals surface area contributed by atoms with Crippen LogP contribution in [-0.2, 0) is 0 Å². The fourth-order valence-electron chi connectivity index (χ4n) is 1.36. The number of nitrogens with zero attached hydrogens (tertiary/aromatic N) is 3. The maximum Gasteiger partial charge on any atom is 0.152 e. The Bertz CT molecular complexity index is 404. The highest BCUT2D eigenvalue weighted by Gasteiger charge is 2.16. The molecule has 1 aromatic rings. The first-order valence-electron chi connectivity index (χ1n) is 4.45. The molecule has 0 radical (unpaired) electrons. The summed E-state index contributed by atoms with van der Waals surface area (Å²) in [5.41, 5.74) is 0.758. The van der Waals surface area contributed by atoms with E-state index < -0.39 is 0 Å². The van der Waals surface area contributed by atoms with Gasteiger partial charge in [-0.25, -0.2) is 4.98 Å². The predicted octanol–water partition coefficient (Wildman–Crippen LogP) is 0.976. The van der Waals surface area contributed by atoms with Crippen LogP contribution in [0.2, 0.25) is 0 Å². The van der Waals surface area contributed by atoms with Gasteiger partial charge in [0.1, 0.15) is 11.9 Å². The predicted molar refractivity (Wildman–Crippen MR) is 51.2 cm³/mol. The monoisotopic (exact) mass is 187 g/mol. The van der Waals surface area contributed by atoms with Gasteiger partial charge in [-0.3, -0.25) is 4.79 Å². The number of hydrogen-bond acceptors (Lipinski definition) is 4. The van der Waals surface area contributed by atoms with Crippen molar-refractivity contribution in [2.75, 3.05) is 18.0 Å². The molecule has 4 heteroatoms. The minimum Gasteiger partial charge on any atom is -0.356 e. The van der Waals surface area contributed by atoms with E-state index in [0.29, 0.717) is 17.4 Å². The van der Waals surface area contributed by atoms with E-state index in [1.165, 1.54) is 12.6 Å². The van der Waals surface area contributed by atoms with Crippen molar-refractivity contribution in [2.24, 2.45) is 0 Å². The molecule has 0 bridgehead atoms. The van der Waals surface area contributed by atoms with Crippen molar-refractivity contribution in [3.8, 4) is 6.07 Å². The number of aldehydes is 1. The van der Waals surface area contributed by atoms with Gasteiger partial charge in [-0.05, 0) is 12.5 Å². The molecule has 0 aromatic carbocycles. The second-order valence-corrected chi connectivity index (χ2v) is 3.20. The molecule has 70 valence electrons. The average molecular weight is 187 g/mol. The summed E-state index contributed by atoms with van der Waals surface area (Å²) in [7, 11) is 0. The van der Waals surface area contributed by atoms with Crippen molar-refractivity contribution in [1.82, 2.24) is 4.98 Å². The largest absolute Gasteiger partial charge is 0.356 e. The third-order valence-corrected chi connectivity index (χ3v) is 2.35. The minimum absolute atomic E-state index is 0.358. The number of pyridine rings is 1. The summed E-state index contributed by atoms with van der Waals surface area (Å²) in [6, 6.07) is 3.66. The lowest BCUT2D eigenvalue weighted by molar-refractivity contribution is 0.112. The Morgan fingerprint density at radius 3 is 2.86 bits per heavy atom. The van der Waals surface area contributed by atoms with Crippen molar-refractivity contribution in [2.45, 2.75) is 6.42 Å².